The Bertz CT molecular complexity index is 396. The van der Waals surface area contributed by atoms with Gasteiger partial charge in [-0.2, -0.15) is 0 Å². The summed E-state index contributed by atoms with van der Waals surface area (Å²) >= 11 is 0. The van der Waals surface area contributed by atoms with Crippen LogP contribution < -0.4 is 5.73 Å². The Labute approximate surface area is 93.8 Å². The standard InChI is InChI=1S/C10H14BNO4/c1-11-8(9(12)10(15)16)5-2-3-6(13)7(14)4-5/h2-4,8-9,11,13-14H,12H2,1H3,(H,15,16). The van der Waals surface area contributed by atoms with E-state index >= 15 is 0 Å². The van der Waals surface area contributed by atoms with Gasteiger partial charge < -0.3 is 21.1 Å². The summed E-state index contributed by atoms with van der Waals surface area (Å²) in [5, 5.41) is 27.3. The zero-order valence-electron chi connectivity index (χ0n) is 8.92. The van der Waals surface area contributed by atoms with Crippen molar-refractivity contribution in [3.05, 3.63) is 23.8 Å². The van der Waals surface area contributed by atoms with Crippen molar-refractivity contribution in [3.63, 3.8) is 0 Å². The topological polar surface area (TPSA) is 104 Å². The molecule has 5 N–H and O–H groups in total. The third kappa shape index (κ3) is 2.46. The minimum absolute atomic E-state index is 0.234. The number of rotatable bonds is 4. The minimum Gasteiger partial charge on any atom is -0.504 e. The van der Waals surface area contributed by atoms with Crippen LogP contribution in [0.15, 0.2) is 18.2 Å². The van der Waals surface area contributed by atoms with Gasteiger partial charge in [-0.25, -0.2) is 0 Å². The summed E-state index contributed by atoms with van der Waals surface area (Å²) in [6.45, 7) is 1.82. The molecule has 0 amide bonds. The van der Waals surface area contributed by atoms with E-state index in [0.717, 1.165) is 0 Å². The fraction of sp³-hybridized carbons (Fsp3) is 0.300. The largest absolute Gasteiger partial charge is 0.504 e. The minimum atomic E-state index is -1.08. The highest BCUT2D eigenvalue weighted by Crippen LogP contribution is 2.29. The Hall–Kier alpha value is -1.69. The van der Waals surface area contributed by atoms with Gasteiger partial charge in [0.15, 0.2) is 11.5 Å². The average molecular weight is 223 g/mol. The number of phenols is 2. The van der Waals surface area contributed by atoms with Crippen LogP contribution in [0.25, 0.3) is 0 Å². The van der Waals surface area contributed by atoms with Gasteiger partial charge in [-0.1, -0.05) is 12.9 Å². The summed E-state index contributed by atoms with van der Waals surface area (Å²) in [7, 11) is 0.539. The van der Waals surface area contributed by atoms with Crippen molar-refractivity contribution in [2.75, 3.05) is 0 Å². The van der Waals surface area contributed by atoms with E-state index in [1.807, 2.05) is 6.82 Å². The lowest BCUT2D eigenvalue weighted by Crippen LogP contribution is -2.38. The lowest BCUT2D eigenvalue weighted by atomic mass is 9.60. The number of aromatic hydroxyl groups is 2. The second-order valence-electron chi connectivity index (χ2n) is 3.63. The molecule has 5 nitrogen and oxygen atoms in total. The van der Waals surface area contributed by atoms with Gasteiger partial charge in [-0.3, -0.25) is 4.79 Å². The molecule has 2 unspecified atom stereocenters. The van der Waals surface area contributed by atoms with Gasteiger partial charge in [-0.05, 0) is 23.5 Å². The molecule has 0 aliphatic rings. The van der Waals surface area contributed by atoms with Crippen LogP contribution in [0.2, 0.25) is 6.82 Å². The molecule has 0 aliphatic carbocycles. The van der Waals surface area contributed by atoms with Crippen LogP contribution in [0.1, 0.15) is 11.4 Å². The first kappa shape index (κ1) is 12.4. The zero-order valence-corrected chi connectivity index (χ0v) is 8.92. The molecule has 0 radical (unpaired) electrons. The quantitative estimate of drug-likeness (QED) is 0.426. The Morgan fingerprint density at radius 3 is 2.44 bits per heavy atom. The molecule has 0 heterocycles. The zero-order chi connectivity index (χ0) is 12.3. The number of carbonyl (C=O) groups is 1. The third-order valence-corrected chi connectivity index (χ3v) is 2.59. The normalized spacial score (nSPS) is 14.1. The number of benzene rings is 1. The first-order valence-corrected chi connectivity index (χ1v) is 4.97. The van der Waals surface area contributed by atoms with Gasteiger partial charge in [0, 0.05) is 0 Å². The van der Waals surface area contributed by atoms with Crippen LogP contribution in [-0.2, 0) is 4.79 Å². The predicted molar refractivity (Wildman–Crippen MR) is 61.1 cm³/mol. The van der Waals surface area contributed by atoms with Crippen LogP contribution in [0.3, 0.4) is 0 Å². The highest BCUT2D eigenvalue weighted by atomic mass is 16.4. The van der Waals surface area contributed by atoms with Crippen molar-refractivity contribution >= 4 is 13.2 Å². The Balaban J connectivity index is 3.04. The number of hydrogen-bond acceptors (Lipinski definition) is 4. The second kappa shape index (κ2) is 4.89. The summed E-state index contributed by atoms with van der Waals surface area (Å²) in [5.41, 5.74) is 6.15. The lowest BCUT2D eigenvalue weighted by molar-refractivity contribution is -0.138. The van der Waals surface area contributed by atoms with Gasteiger partial charge in [0.2, 0.25) is 0 Å². The van der Waals surface area contributed by atoms with Gasteiger partial charge >= 0.3 is 5.97 Å². The fourth-order valence-corrected chi connectivity index (χ4v) is 1.64. The molecule has 0 fully saturated rings. The fourth-order valence-electron chi connectivity index (χ4n) is 1.64. The summed E-state index contributed by atoms with van der Waals surface area (Å²) in [6, 6.07) is 3.20. The van der Waals surface area contributed by atoms with Crippen molar-refractivity contribution in [2.45, 2.75) is 18.7 Å². The molecular formula is C10H14BNO4. The molecule has 16 heavy (non-hydrogen) atoms. The van der Waals surface area contributed by atoms with Gasteiger partial charge in [0.25, 0.3) is 0 Å². The number of hydrogen-bond donors (Lipinski definition) is 4. The van der Waals surface area contributed by atoms with E-state index < -0.39 is 12.0 Å². The third-order valence-electron chi connectivity index (χ3n) is 2.59. The predicted octanol–water partition coefficient (Wildman–Crippen LogP) is 0.0354. The van der Waals surface area contributed by atoms with Gasteiger partial charge in [0.05, 0.1) is 0 Å². The highest BCUT2D eigenvalue weighted by Gasteiger charge is 2.25. The molecule has 0 saturated carbocycles. The first-order valence-electron chi connectivity index (χ1n) is 4.97. The summed E-state index contributed by atoms with van der Waals surface area (Å²) in [4.78, 5) is 10.8. The number of aliphatic carboxylic acids is 1. The SMILES string of the molecule is CBC(c1ccc(O)c(O)c1)C(N)C(=O)O. The molecule has 0 aromatic heterocycles. The van der Waals surface area contributed by atoms with Crippen molar-refractivity contribution in [2.24, 2.45) is 5.73 Å². The average Bonchev–Trinajstić information content (AvgIpc) is 2.24. The molecule has 0 bridgehead atoms. The smallest absolute Gasteiger partial charge is 0.320 e. The molecule has 2 atom stereocenters. The molecule has 1 rings (SSSR count). The van der Waals surface area contributed by atoms with Gasteiger partial charge in [0.1, 0.15) is 13.3 Å². The van der Waals surface area contributed by atoms with Crippen LogP contribution in [0.5, 0.6) is 11.5 Å². The van der Waals surface area contributed by atoms with E-state index in [1.165, 1.54) is 12.1 Å². The number of nitrogens with two attached hydrogens (primary N) is 1. The monoisotopic (exact) mass is 223 g/mol. The van der Waals surface area contributed by atoms with Crippen molar-refractivity contribution in [1.29, 1.82) is 0 Å². The Morgan fingerprint density at radius 2 is 2.00 bits per heavy atom. The first-order chi connectivity index (χ1) is 7.47. The van der Waals surface area contributed by atoms with E-state index in [4.69, 9.17) is 15.9 Å². The van der Waals surface area contributed by atoms with Crippen LogP contribution >= 0.6 is 0 Å². The maximum absolute atomic E-state index is 10.8. The molecule has 1 aromatic carbocycles. The molecular weight excluding hydrogens is 209 g/mol. The van der Waals surface area contributed by atoms with E-state index in [-0.39, 0.29) is 17.3 Å². The molecule has 0 aliphatic heterocycles. The molecule has 0 saturated heterocycles. The maximum atomic E-state index is 10.8. The van der Waals surface area contributed by atoms with E-state index in [1.54, 1.807) is 6.07 Å². The number of carboxylic acids is 1. The summed E-state index contributed by atoms with van der Waals surface area (Å²) < 4.78 is 0. The second-order valence-corrected chi connectivity index (χ2v) is 3.63. The van der Waals surface area contributed by atoms with Crippen LogP contribution in [0, 0.1) is 0 Å². The van der Waals surface area contributed by atoms with E-state index in [2.05, 4.69) is 0 Å². The maximum Gasteiger partial charge on any atom is 0.320 e. The van der Waals surface area contributed by atoms with Crippen LogP contribution in [0.4, 0.5) is 0 Å². The summed E-state index contributed by atoms with van der Waals surface area (Å²) in [6.07, 6.45) is 0. The molecule has 86 valence electrons. The van der Waals surface area contributed by atoms with Crippen molar-refractivity contribution in [1.82, 2.24) is 0 Å². The Kier molecular flexibility index (Phi) is 3.79. The van der Waals surface area contributed by atoms with Crippen LogP contribution in [-0.4, -0.2) is 34.6 Å². The highest BCUT2D eigenvalue weighted by molar-refractivity contribution is 6.37. The van der Waals surface area contributed by atoms with E-state index in [9.17, 15) is 9.90 Å². The molecule has 6 heteroatoms. The van der Waals surface area contributed by atoms with Crippen molar-refractivity contribution < 1.29 is 20.1 Å². The number of phenolic OH excluding ortho intramolecular Hbond substituents is 2. The summed E-state index contributed by atoms with van der Waals surface area (Å²) in [5.74, 6) is -1.97. The Morgan fingerprint density at radius 1 is 1.38 bits per heavy atom. The van der Waals surface area contributed by atoms with E-state index in [0.29, 0.717) is 12.8 Å². The molecule has 0 spiro atoms. The molecule has 1 aromatic rings. The van der Waals surface area contributed by atoms with Crippen molar-refractivity contribution in [3.8, 4) is 11.5 Å². The number of carboxylic acid groups (broad SMARTS) is 1. The lowest BCUT2D eigenvalue weighted by Gasteiger charge is -2.19. The van der Waals surface area contributed by atoms with Gasteiger partial charge in [-0.15, -0.1) is 0 Å².